The fraction of sp³-hybridized carbons (Fsp3) is 0.375. The number of carbonyl (C=O) groups excluding carboxylic acids is 2. The molecule has 35 heavy (non-hydrogen) atoms. The number of hydrogen-bond acceptors (Lipinski definition) is 6. The molecular formula is C24H26ClN3O5S2. The molecule has 186 valence electrons. The second kappa shape index (κ2) is 10.6. The van der Waals surface area contributed by atoms with Gasteiger partial charge in [-0.3, -0.25) is 9.59 Å². The number of sulfonamides is 1. The fourth-order valence-electron chi connectivity index (χ4n) is 3.95. The van der Waals surface area contributed by atoms with Crippen LogP contribution in [0.5, 0.6) is 0 Å². The summed E-state index contributed by atoms with van der Waals surface area (Å²) in [6.45, 7) is 4.91. The molecule has 0 atom stereocenters. The van der Waals surface area contributed by atoms with Gasteiger partial charge < -0.3 is 9.30 Å². The van der Waals surface area contributed by atoms with E-state index < -0.39 is 21.9 Å². The molecule has 0 saturated carbocycles. The Hall–Kier alpha value is -2.53. The number of para-hydroxylation sites is 1. The molecule has 1 saturated heterocycles. The van der Waals surface area contributed by atoms with Crippen LogP contribution in [0.25, 0.3) is 10.2 Å². The standard InChI is InChI=1S/C24H26ClN3O5S2/c1-3-33-21(29)15-28-22-19(25)5-4-6-20(22)34-24(28)26-23(30)17-7-9-18(10-8-17)35(31,32)27-13-11-16(2)12-14-27/h4-10,16H,3,11-15H2,1-2H3. The molecule has 4 rings (SSSR count). The quantitative estimate of drug-likeness (QED) is 0.443. The molecule has 8 nitrogen and oxygen atoms in total. The van der Waals surface area contributed by atoms with Crippen molar-refractivity contribution < 1.29 is 22.7 Å². The minimum Gasteiger partial charge on any atom is -0.465 e. The topological polar surface area (TPSA) is 98.0 Å². The van der Waals surface area contributed by atoms with Crippen molar-refractivity contribution in [3.63, 3.8) is 0 Å². The fourth-order valence-corrected chi connectivity index (χ4v) is 6.81. The third-order valence-corrected chi connectivity index (χ3v) is 9.18. The number of halogens is 1. The van der Waals surface area contributed by atoms with Crippen molar-refractivity contribution in [1.82, 2.24) is 8.87 Å². The molecular weight excluding hydrogens is 510 g/mol. The van der Waals surface area contributed by atoms with Crippen LogP contribution < -0.4 is 4.80 Å². The predicted molar refractivity (Wildman–Crippen MR) is 135 cm³/mol. The number of piperidine rings is 1. The van der Waals surface area contributed by atoms with Crippen LogP contribution in [0.4, 0.5) is 0 Å². The van der Waals surface area contributed by atoms with Crippen LogP contribution >= 0.6 is 22.9 Å². The molecule has 2 heterocycles. The van der Waals surface area contributed by atoms with Gasteiger partial charge in [0, 0.05) is 18.7 Å². The molecule has 0 unspecified atom stereocenters. The summed E-state index contributed by atoms with van der Waals surface area (Å²) in [7, 11) is -3.61. The number of thiazole rings is 1. The van der Waals surface area contributed by atoms with E-state index in [2.05, 4.69) is 11.9 Å². The van der Waals surface area contributed by atoms with Crippen LogP contribution in [0.3, 0.4) is 0 Å². The van der Waals surface area contributed by atoms with E-state index in [0.29, 0.717) is 34.3 Å². The number of fused-ring (bicyclic) bond motifs is 1. The van der Waals surface area contributed by atoms with E-state index >= 15 is 0 Å². The Morgan fingerprint density at radius 2 is 1.83 bits per heavy atom. The smallest absolute Gasteiger partial charge is 0.326 e. The van der Waals surface area contributed by atoms with Gasteiger partial charge in [0.2, 0.25) is 10.0 Å². The maximum absolute atomic E-state index is 13.0. The van der Waals surface area contributed by atoms with Gasteiger partial charge in [0.1, 0.15) is 6.54 Å². The Labute approximate surface area is 212 Å². The Bertz CT molecular complexity index is 1420. The third kappa shape index (κ3) is 5.50. The molecule has 0 aliphatic carbocycles. The van der Waals surface area contributed by atoms with E-state index in [0.717, 1.165) is 17.5 Å². The highest BCUT2D eigenvalue weighted by Gasteiger charge is 2.28. The van der Waals surface area contributed by atoms with Crippen molar-refractivity contribution in [3.05, 3.63) is 57.9 Å². The molecule has 0 N–H and O–H groups in total. The molecule has 0 radical (unpaired) electrons. The van der Waals surface area contributed by atoms with Crippen LogP contribution in [0, 0.1) is 5.92 Å². The van der Waals surface area contributed by atoms with Gasteiger partial charge in [-0.2, -0.15) is 9.30 Å². The largest absolute Gasteiger partial charge is 0.465 e. The van der Waals surface area contributed by atoms with E-state index in [-0.39, 0.29) is 23.6 Å². The summed E-state index contributed by atoms with van der Waals surface area (Å²) in [5.74, 6) is -0.512. The number of carbonyl (C=O) groups is 2. The summed E-state index contributed by atoms with van der Waals surface area (Å²) in [5, 5.41) is 0.429. The lowest BCUT2D eigenvalue weighted by molar-refractivity contribution is -0.143. The van der Waals surface area contributed by atoms with Gasteiger partial charge in [0.05, 0.1) is 26.7 Å². The first kappa shape index (κ1) is 25.6. The van der Waals surface area contributed by atoms with Gasteiger partial charge in [0.25, 0.3) is 5.91 Å². The molecule has 3 aromatic rings. The third-order valence-electron chi connectivity index (χ3n) is 5.92. The number of amides is 1. The SMILES string of the molecule is CCOC(=O)Cn1c(=NC(=O)c2ccc(S(=O)(=O)N3CCC(C)CC3)cc2)sc2cccc(Cl)c21. The lowest BCUT2D eigenvalue weighted by Crippen LogP contribution is -2.37. The van der Waals surface area contributed by atoms with Gasteiger partial charge in [-0.25, -0.2) is 8.42 Å². The molecule has 1 fully saturated rings. The van der Waals surface area contributed by atoms with Gasteiger partial charge in [-0.15, -0.1) is 0 Å². The van der Waals surface area contributed by atoms with Crippen LogP contribution in [0.2, 0.25) is 5.02 Å². The second-order valence-electron chi connectivity index (χ2n) is 8.39. The first-order valence-electron chi connectivity index (χ1n) is 11.3. The lowest BCUT2D eigenvalue weighted by Gasteiger charge is -2.29. The van der Waals surface area contributed by atoms with Gasteiger partial charge >= 0.3 is 5.97 Å². The molecule has 11 heteroatoms. The van der Waals surface area contributed by atoms with E-state index in [1.54, 1.807) is 23.6 Å². The normalized spacial score (nSPS) is 16.0. The number of ether oxygens (including phenoxy) is 1. The molecule has 2 aromatic carbocycles. The highest BCUT2D eigenvalue weighted by atomic mass is 35.5. The van der Waals surface area contributed by atoms with Gasteiger partial charge in [-0.1, -0.05) is 35.9 Å². The van der Waals surface area contributed by atoms with Crippen molar-refractivity contribution in [2.75, 3.05) is 19.7 Å². The molecule has 1 amide bonds. The summed E-state index contributed by atoms with van der Waals surface area (Å²) >= 11 is 7.60. The second-order valence-corrected chi connectivity index (χ2v) is 11.7. The molecule has 1 aliphatic rings. The Balaban J connectivity index is 1.64. The summed E-state index contributed by atoms with van der Waals surface area (Å²) in [4.78, 5) is 29.8. The van der Waals surface area contributed by atoms with Crippen LogP contribution in [-0.4, -0.2) is 48.9 Å². The zero-order valence-electron chi connectivity index (χ0n) is 19.4. The van der Waals surface area contributed by atoms with Crippen molar-refractivity contribution in [1.29, 1.82) is 0 Å². The Morgan fingerprint density at radius 1 is 1.14 bits per heavy atom. The summed E-state index contributed by atoms with van der Waals surface area (Å²) in [5.41, 5.74) is 0.832. The van der Waals surface area contributed by atoms with Crippen LogP contribution in [-0.2, 0) is 26.1 Å². The maximum atomic E-state index is 13.0. The van der Waals surface area contributed by atoms with Gasteiger partial charge in [0.15, 0.2) is 4.80 Å². The van der Waals surface area contributed by atoms with E-state index in [4.69, 9.17) is 16.3 Å². The number of esters is 1. The van der Waals surface area contributed by atoms with Crippen LogP contribution in [0.1, 0.15) is 37.0 Å². The Morgan fingerprint density at radius 3 is 2.49 bits per heavy atom. The van der Waals surface area contributed by atoms with E-state index in [1.807, 2.05) is 6.07 Å². The molecule has 0 spiro atoms. The highest BCUT2D eigenvalue weighted by Crippen LogP contribution is 2.26. The first-order valence-corrected chi connectivity index (χ1v) is 14.0. The zero-order valence-corrected chi connectivity index (χ0v) is 21.8. The molecule has 1 aliphatic heterocycles. The van der Waals surface area contributed by atoms with Crippen molar-refractivity contribution in [2.45, 2.75) is 38.1 Å². The summed E-state index contributed by atoms with van der Waals surface area (Å²) in [6, 6.07) is 11.1. The van der Waals surface area contributed by atoms with E-state index in [1.165, 1.54) is 39.9 Å². The Kier molecular flexibility index (Phi) is 7.75. The highest BCUT2D eigenvalue weighted by molar-refractivity contribution is 7.89. The zero-order chi connectivity index (χ0) is 25.2. The summed E-state index contributed by atoms with van der Waals surface area (Å²) < 4.78 is 34.8. The predicted octanol–water partition coefficient (Wildman–Crippen LogP) is 4.08. The van der Waals surface area contributed by atoms with E-state index in [9.17, 15) is 18.0 Å². The van der Waals surface area contributed by atoms with Crippen molar-refractivity contribution in [3.8, 4) is 0 Å². The average molecular weight is 536 g/mol. The minimum absolute atomic E-state index is 0.144. The number of nitrogens with zero attached hydrogens (tertiary/aromatic N) is 3. The lowest BCUT2D eigenvalue weighted by atomic mass is 10.0. The number of benzene rings is 2. The van der Waals surface area contributed by atoms with Crippen molar-refractivity contribution >= 4 is 55.1 Å². The van der Waals surface area contributed by atoms with Gasteiger partial charge in [-0.05, 0) is 62.1 Å². The summed E-state index contributed by atoms with van der Waals surface area (Å²) in [6.07, 6.45) is 1.67. The van der Waals surface area contributed by atoms with Crippen LogP contribution in [0.15, 0.2) is 52.4 Å². The van der Waals surface area contributed by atoms with Crippen molar-refractivity contribution in [2.24, 2.45) is 10.9 Å². The minimum atomic E-state index is -3.61. The maximum Gasteiger partial charge on any atom is 0.326 e. The molecule has 1 aromatic heterocycles. The first-order chi connectivity index (χ1) is 16.7. The molecule has 0 bridgehead atoms. The number of hydrogen-bond donors (Lipinski definition) is 0. The number of rotatable bonds is 6. The monoisotopic (exact) mass is 535 g/mol. The average Bonchev–Trinajstić information content (AvgIpc) is 3.17. The number of aromatic nitrogens is 1.